The summed E-state index contributed by atoms with van der Waals surface area (Å²) in [6, 6.07) is 25.5. The maximum absolute atomic E-state index is 11.6. The van der Waals surface area contributed by atoms with Crippen LogP contribution in [0, 0.1) is 0 Å². The molecule has 0 unspecified atom stereocenters. The molecule has 0 saturated heterocycles. The minimum Gasteiger partial charge on any atom is -0.369 e. The van der Waals surface area contributed by atoms with E-state index in [-0.39, 0.29) is 48.7 Å². The van der Waals surface area contributed by atoms with Crippen LogP contribution in [-0.2, 0) is 0 Å². The molecule has 0 fully saturated rings. The highest BCUT2D eigenvalue weighted by Gasteiger charge is 2.11. The molecule has 4 amide bonds. The second kappa shape index (κ2) is 18.5. The second-order valence-electron chi connectivity index (χ2n) is 11.8. The van der Waals surface area contributed by atoms with E-state index >= 15 is 0 Å². The van der Waals surface area contributed by atoms with Crippen molar-refractivity contribution in [3.8, 4) is 0 Å². The Hall–Kier alpha value is -8.55. The fourth-order valence-electron chi connectivity index (χ4n) is 4.74. The number of rotatable bonds is 16. The summed E-state index contributed by atoms with van der Waals surface area (Å²) in [5, 5.41) is 18.3. The van der Waals surface area contributed by atoms with Crippen molar-refractivity contribution in [1.29, 1.82) is 0 Å². The summed E-state index contributed by atoms with van der Waals surface area (Å²) >= 11 is 0. The van der Waals surface area contributed by atoms with Crippen molar-refractivity contribution in [2.45, 2.75) is 0 Å². The van der Waals surface area contributed by atoms with Crippen LogP contribution in [0.25, 0.3) is 0 Å². The molecule has 4 aromatic carbocycles. The molecular formula is C37H38N16O4. The van der Waals surface area contributed by atoms with Crippen molar-refractivity contribution in [2.75, 3.05) is 39.7 Å². The first kappa shape index (κ1) is 39.7. The fraction of sp³-hybridized carbons (Fsp3) is 0.0541. The molecule has 0 bridgehead atoms. The number of anilines is 7. The standard InChI is InChI=1S/C37H38N16O4/c1-20(45-35(47-26-12-4-22(5-13-26)30(39)55)50-33(42)46-25-10-2-21(3-11-25)29(38)54)43-18-19-44-34-51-36(48-27-14-6-23(7-15-27)31(40)56)53-37(52-34)49-28-16-8-24(9-17-28)32(41)57/h2-17,43H,1,18-19H2,(H2,38,54)(H2,39,55)(H2,40,56)(H2,41,57)(H4,42,45,46,47,50)(H3,44,48,49,51,52,53). The van der Waals surface area contributed by atoms with Crippen molar-refractivity contribution in [3.05, 3.63) is 132 Å². The lowest BCUT2D eigenvalue weighted by Gasteiger charge is -2.13. The van der Waals surface area contributed by atoms with Gasteiger partial charge >= 0.3 is 0 Å². The summed E-state index contributed by atoms with van der Waals surface area (Å²) in [4.78, 5) is 68.2. The van der Waals surface area contributed by atoms with E-state index in [0.717, 1.165) is 0 Å². The monoisotopic (exact) mass is 770 g/mol. The molecule has 5 aromatic rings. The molecule has 16 N–H and O–H groups in total. The molecule has 1 aromatic heterocycles. The van der Waals surface area contributed by atoms with E-state index in [1.807, 2.05) is 0 Å². The maximum Gasteiger partial charge on any atom is 0.248 e. The Kier molecular flexibility index (Phi) is 12.8. The van der Waals surface area contributed by atoms with Gasteiger partial charge in [0.15, 0.2) is 0 Å². The van der Waals surface area contributed by atoms with Gasteiger partial charge in [0, 0.05) is 58.1 Å². The molecule has 0 aliphatic rings. The first-order valence-corrected chi connectivity index (χ1v) is 16.8. The van der Waals surface area contributed by atoms with Crippen LogP contribution in [-0.4, -0.2) is 63.6 Å². The van der Waals surface area contributed by atoms with Gasteiger partial charge in [-0.05, 0) is 97.1 Å². The predicted molar refractivity (Wildman–Crippen MR) is 218 cm³/mol. The normalized spacial score (nSPS) is 11.2. The van der Waals surface area contributed by atoms with Crippen LogP contribution >= 0.6 is 0 Å². The molecule has 0 aliphatic heterocycles. The summed E-state index contributed by atoms with van der Waals surface area (Å²) < 4.78 is 0. The van der Waals surface area contributed by atoms with Crippen LogP contribution in [0.5, 0.6) is 0 Å². The number of aliphatic imine (C=N–C) groups is 2. The SMILES string of the molecule is C=C(N=C(N=C(N)Nc1ccc(C(N)=O)cc1)Nc1ccc(C(N)=O)cc1)NCCNc1nc(Nc2ccc(C(N)=O)cc2)nc(Nc2ccc(C(N)=O)cc2)n1. The number of amides is 4. The molecule has 20 nitrogen and oxygen atoms in total. The molecule has 0 saturated carbocycles. The van der Waals surface area contributed by atoms with Crippen LogP contribution in [0.15, 0.2) is 119 Å². The fourth-order valence-corrected chi connectivity index (χ4v) is 4.74. The zero-order valence-corrected chi connectivity index (χ0v) is 30.1. The Bertz CT molecular complexity index is 2250. The lowest BCUT2D eigenvalue weighted by molar-refractivity contribution is 0.0992. The first-order chi connectivity index (χ1) is 27.3. The lowest BCUT2D eigenvalue weighted by atomic mass is 10.2. The van der Waals surface area contributed by atoms with Gasteiger partial charge in [-0.3, -0.25) is 19.2 Å². The summed E-state index contributed by atoms with van der Waals surface area (Å²) in [7, 11) is 0. The highest BCUT2D eigenvalue weighted by molar-refractivity contribution is 6.06. The van der Waals surface area contributed by atoms with Gasteiger partial charge in [-0.1, -0.05) is 6.58 Å². The molecule has 0 aliphatic carbocycles. The van der Waals surface area contributed by atoms with Crippen molar-refractivity contribution in [3.63, 3.8) is 0 Å². The number of hydrogen-bond donors (Lipinski definition) is 11. The second-order valence-corrected chi connectivity index (χ2v) is 11.8. The Morgan fingerprint density at radius 2 is 0.860 bits per heavy atom. The largest absolute Gasteiger partial charge is 0.369 e. The Morgan fingerprint density at radius 1 is 0.491 bits per heavy atom. The minimum atomic E-state index is -0.583. The number of benzene rings is 4. The number of nitrogens with one attached hydrogen (secondary N) is 6. The highest BCUT2D eigenvalue weighted by Crippen LogP contribution is 2.20. The van der Waals surface area contributed by atoms with E-state index < -0.39 is 23.6 Å². The van der Waals surface area contributed by atoms with Crippen molar-refractivity contribution >= 4 is 76.1 Å². The number of aromatic nitrogens is 3. The molecule has 57 heavy (non-hydrogen) atoms. The van der Waals surface area contributed by atoms with Crippen LogP contribution in [0.4, 0.5) is 40.6 Å². The molecule has 0 radical (unpaired) electrons. The highest BCUT2D eigenvalue weighted by atomic mass is 16.2. The molecule has 5 rings (SSSR count). The summed E-state index contributed by atoms with van der Waals surface area (Å²) in [6.45, 7) is 4.54. The van der Waals surface area contributed by atoms with Gasteiger partial charge in [0.1, 0.15) is 5.82 Å². The van der Waals surface area contributed by atoms with Crippen molar-refractivity contribution in [1.82, 2.24) is 20.3 Å². The van der Waals surface area contributed by atoms with Gasteiger partial charge in [0.25, 0.3) is 0 Å². The van der Waals surface area contributed by atoms with E-state index in [1.165, 1.54) is 24.3 Å². The van der Waals surface area contributed by atoms with Crippen molar-refractivity contribution < 1.29 is 19.2 Å². The zero-order valence-electron chi connectivity index (χ0n) is 30.1. The van der Waals surface area contributed by atoms with E-state index in [4.69, 9.17) is 28.7 Å². The Morgan fingerprint density at radius 3 is 1.26 bits per heavy atom. The van der Waals surface area contributed by atoms with Crippen molar-refractivity contribution in [2.24, 2.45) is 38.7 Å². The Labute approximate surface area is 325 Å². The quantitative estimate of drug-likeness (QED) is 0.0389. The number of nitrogens with two attached hydrogens (primary N) is 5. The molecule has 0 spiro atoms. The third-order valence-corrected chi connectivity index (χ3v) is 7.56. The molecular weight excluding hydrogens is 733 g/mol. The average molecular weight is 771 g/mol. The van der Waals surface area contributed by atoms with E-state index in [2.05, 4.69) is 63.4 Å². The molecule has 0 atom stereocenters. The lowest BCUT2D eigenvalue weighted by Crippen LogP contribution is -2.27. The number of carbonyl (C=O) groups excluding carboxylic acids is 4. The summed E-state index contributed by atoms with van der Waals surface area (Å²) in [6.07, 6.45) is 0. The number of carbonyl (C=O) groups is 4. The van der Waals surface area contributed by atoms with E-state index in [0.29, 0.717) is 45.0 Å². The number of hydrogen-bond acceptors (Lipinski definition) is 12. The van der Waals surface area contributed by atoms with Crippen LogP contribution < -0.4 is 60.6 Å². The van der Waals surface area contributed by atoms with Crippen LogP contribution in [0.1, 0.15) is 41.4 Å². The van der Waals surface area contributed by atoms with Gasteiger partial charge < -0.3 is 60.6 Å². The van der Waals surface area contributed by atoms with Gasteiger partial charge in [-0.15, -0.1) is 0 Å². The number of primary amides is 4. The average Bonchev–Trinajstić information content (AvgIpc) is 3.17. The topological polar surface area (TPSA) is 334 Å². The number of nitrogens with zero attached hydrogens (tertiary/aromatic N) is 5. The smallest absolute Gasteiger partial charge is 0.248 e. The minimum absolute atomic E-state index is 0.0302. The van der Waals surface area contributed by atoms with Crippen LogP contribution in [0.3, 0.4) is 0 Å². The molecule has 290 valence electrons. The van der Waals surface area contributed by atoms with E-state index in [9.17, 15) is 19.2 Å². The summed E-state index contributed by atoms with van der Waals surface area (Å²) in [5.41, 5.74) is 31.1. The predicted octanol–water partition coefficient (Wildman–Crippen LogP) is 2.12. The van der Waals surface area contributed by atoms with Crippen LogP contribution in [0.2, 0.25) is 0 Å². The van der Waals surface area contributed by atoms with Gasteiger partial charge in [0.2, 0.25) is 53.4 Å². The van der Waals surface area contributed by atoms with E-state index in [1.54, 1.807) is 72.8 Å². The third-order valence-electron chi connectivity index (χ3n) is 7.56. The van der Waals surface area contributed by atoms with Gasteiger partial charge in [0.05, 0.1) is 0 Å². The van der Waals surface area contributed by atoms with Gasteiger partial charge in [-0.25, -0.2) is 0 Å². The zero-order chi connectivity index (χ0) is 40.9. The third kappa shape index (κ3) is 12.0. The summed E-state index contributed by atoms with van der Waals surface area (Å²) in [5.74, 6) is -1.56. The molecule has 1 heterocycles. The maximum atomic E-state index is 11.6. The van der Waals surface area contributed by atoms with Gasteiger partial charge in [-0.2, -0.15) is 24.9 Å². The Balaban J connectivity index is 1.28. The molecule has 20 heteroatoms. The first-order valence-electron chi connectivity index (χ1n) is 16.8. The number of guanidine groups is 2.